The van der Waals surface area contributed by atoms with Crippen LogP contribution >= 0.6 is 11.8 Å². The lowest BCUT2D eigenvalue weighted by Gasteiger charge is -2.42. The fourth-order valence-electron chi connectivity index (χ4n) is 4.30. The minimum absolute atomic E-state index is 0.113. The summed E-state index contributed by atoms with van der Waals surface area (Å²) >= 11 is 1.41. The molecule has 2 aromatic rings. The average Bonchev–Trinajstić information content (AvgIpc) is 3.08. The van der Waals surface area contributed by atoms with E-state index in [1.54, 1.807) is 18.7 Å². The molecule has 0 saturated heterocycles. The summed E-state index contributed by atoms with van der Waals surface area (Å²) < 4.78 is 2.19. The number of carbonyl (C=O) groups is 2. The topological polar surface area (TPSA) is 80.1 Å². The number of aromatic nitrogens is 3. The first kappa shape index (κ1) is 19.9. The Morgan fingerprint density at radius 2 is 1.93 bits per heavy atom. The van der Waals surface area contributed by atoms with E-state index in [9.17, 15) is 9.59 Å². The summed E-state index contributed by atoms with van der Waals surface area (Å²) in [7, 11) is 0. The van der Waals surface area contributed by atoms with E-state index in [1.807, 2.05) is 31.2 Å². The number of nitrogens with one attached hydrogen (secondary N) is 1. The number of aryl methyl sites for hydroxylation is 1. The van der Waals surface area contributed by atoms with E-state index in [0.29, 0.717) is 11.7 Å². The van der Waals surface area contributed by atoms with Crippen molar-refractivity contribution in [3.8, 4) is 0 Å². The fraction of sp³-hybridized carbons (Fsp3) is 0.524. The predicted molar refractivity (Wildman–Crippen MR) is 114 cm³/mol. The van der Waals surface area contributed by atoms with Gasteiger partial charge >= 0.3 is 0 Å². The lowest BCUT2D eigenvalue weighted by molar-refractivity contribution is -0.125. The zero-order valence-electron chi connectivity index (χ0n) is 17.1. The van der Waals surface area contributed by atoms with Crippen LogP contribution in [0.1, 0.15) is 57.8 Å². The first-order valence-corrected chi connectivity index (χ1v) is 11.2. The number of para-hydroxylation sites is 2. The highest BCUT2D eigenvalue weighted by atomic mass is 32.2. The lowest BCUT2D eigenvalue weighted by Crippen LogP contribution is -2.59. The van der Waals surface area contributed by atoms with Gasteiger partial charge in [0.15, 0.2) is 5.16 Å². The molecule has 1 fully saturated rings. The molecular weight excluding hydrogens is 386 g/mol. The summed E-state index contributed by atoms with van der Waals surface area (Å²) in [6, 6.07) is 7.83. The molecule has 0 unspecified atom stereocenters. The number of hydrogen-bond acceptors (Lipinski definition) is 5. The molecule has 1 N–H and O–H groups in total. The van der Waals surface area contributed by atoms with Gasteiger partial charge in [-0.2, -0.15) is 0 Å². The Bertz CT molecular complexity index is 933. The molecule has 4 rings (SSSR count). The van der Waals surface area contributed by atoms with Crippen LogP contribution in [0, 0.1) is 6.92 Å². The van der Waals surface area contributed by atoms with Crippen LogP contribution in [0.4, 0.5) is 11.4 Å². The van der Waals surface area contributed by atoms with Gasteiger partial charge < -0.3 is 9.88 Å². The van der Waals surface area contributed by atoms with Crippen molar-refractivity contribution in [1.82, 2.24) is 14.8 Å². The Morgan fingerprint density at radius 3 is 2.69 bits per heavy atom. The van der Waals surface area contributed by atoms with Gasteiger partial charge in [0.1, 0.15) is 11.4 Å². The van der Waals surface area contributed by atoms with Crippen LogP contribution in [0.25, 0.3) is 0 Å². The summed E-state index contributed by atoms with van der Waals surface area (Å²) in [5.41, 5.74) is 0.433. The van der Waals surface area contributed by atoms with Crippen LogP contribution in [0.5, 0.6) is 0 Å². The molecule has 0 bridgehead atoms. The lowest BCUT2D eigenvalue weighted by atomic mass is 9.95. The van der Waals surface area contributed by atoms with E-state index in [4.69, 9.17) is 0 Å². The molecule has 1 saturated carbocycles. The summed E-state index contributed by atoms with van der Waals surface area (Å²) in [6.45, 7) is 5.52. The van der Waals surface area contributed by atoms with Crippen LogP contribution in [-0.2, 0) is 9.59 Å². The summed E-state index contributed by atoms with van der Waals surface area (Å²) in [5, 5.41) is 12.3. The number of anilines is 2. The smallest absolute Gasteiger partial charge is 0.250 e. The molecule has 1 aliphatic heterocycles. The van der Waals surface area contributed by atoms with Crippen LogP contribution in [0.15, 0.2) is 29.4 Å². The third-order valence-electron chi connectivity index (χ3n) is 5.86. The van der Waals surface area contributed by atoms with Crippen LogP contribution < -0.4 is 10.2 Å². The second-order valence-corrected chi connectivity index (χ2v) is 9.18. The molecule has 2 aliphatic rings. The van der Waals surface area contributed by atoms with Crippen LogP contribution in [0.3, 0.4) is 0 Å². The number of rotatable bonds is 4. The third-order valence-corrected chi connectivity index (χ3v) is 6.78. The normalized spacial score (nSPS) is 19.0. The van der Waals surface area contributed by atoms with Gasteiger partial charge in [-0.25, -0.2) is 0 Å². The molecule has 29 heavy (non-hydrogen) atoms. The van der Waals surface area contributed by atoms with Gasteiger partial charge in [-0.3, -0.25) is 14.5 Å². The Labute approximate surface area is 175 Å². The molecule has 2 heterocycles. The number of carbonyl (C=O) groups excluding carboxylic acids is 2. The number of nitrogens with zero attached hydrogens (tertiary/aromatic N) is 4. The maximum atomic E-state index is 13.3. The minimum Gasteiger partial charge on any atom is -0.322 e. The van der Waals surface area contributed by atoms with Gasteiger partial charge in [-0.15, -0.1) is 10.2 Å². The van der Waals surface area contributed by atoms with Gasteiger partial charge in [0.25, 0.3) is 0 Å². The van der Waals surface area contributed by atoms with Gasteiger partial charge in [-0.1, -0.05) is 43.2 Å². The van der Waals surface area contributed by atoms with Crippen LogP contribution in [-0.4, -0.2) is 37.9 Å². The SMILES string of the molecule is Cc1nnc(SCC(=O)N2c3ccccc3NC(=O)C2(C)C)n1C1CCCCC1. The van der Waals surface area contributed by atoms with E-state index in [2.05, 4.69) is 20.1 Å². The fourth-order valence-corrected chi connectivity index (χ4v) is 5.20. The quantitative estimate of drug-likeness (QED) is 0.768. The number of thioether (sulfide) groups is 1. The highest BCUT2D eigenvalue weighted by Gasteiger charge is 2.43. The summed E-state index contributed by atoms with van der Waals surface area (Å²) in [6.07, 6.45) is 5.99. The zero-order valence-corrected chi connectivity index (χ0v) is 18.0. The molecule has 0 radical (unpaired) electrons. The maximum Gasteiger partial charge on any atom is 0.250 e. The zero-order chi connectivity index (χ0) is 20.6. The van der Waals surface area contributed by atoms with E-state index in [0.717, 1.165) is 29.5 Å². The van der Waals surface area contributed by atoms with Crippen molar-refractivity contribution in [2.75, 3.05) is 16.0 Å². The molecule has 0 atom stereocenters. The number of benzene rings is 1. The molecule has 1 aromatic carbocycles. The van der Waals surface area contributed by atoms with Crippen molar-refractivity contribution in [2.24, 2.45) is 0 Å². The number of amides is 2. The van der Waals surface area contributed by atoms with Crippen molar-refractivity contribution in [1.29, 1.82) is 0 Å². The first-order chi connectivity index (χ1) is 13.9. The summed E-state index contributed by atoms with van der Waals surface area (Å²) in [5.74, 6) is 0.805. The van der Waals surface area contributed by atoms with Gasteiger partial charge in [0.05, 0.1) is 17.1 Å². The minimum atomic E-state index is -0.959. The Kier molecular flexibility index (Phi) is 5.38. The molecule has 0 spiro atoms. The molecule has 1 aromatic heterocycles. The Morgan fingerprint density at radius 1 is 1.21 bits per heavy atom. The van der Waals surface area contributed by atoms with Crippen molar-refractivity contribution in [3.05, 3.63) is 30.1 Å². The third kappa shape index (κ3) is 3.66. The molecule has 7 nitrogen and oxygen atoms in total. The average molecular weight is 414 g/mol. The molecule has 8 heteroatoms. The monoisotopic (exact) mass is 413 g/mol. The van der Waals surface area contributed by atoms with E-state index in [1.165, 1.54) is 31.0 Å². The van der Waals surface area contributed by atoms with Gasteiger partial charge in [0, 0.05) is 6.04 Å². The van der Waals surface area contributed by atoms with Gasteiger partial charge in [-0.05, 0) is 45.7 Å². The van der Waals surface area contributed by atoms with Crippen molar-refractivity contribution < 1.29 is 9.59 Å². The van der Waals surface area contributed by atoms with E-state index in [-0.39, 0.29) is 17.6 Å². The largest absolute Gasteiger partial charge is 0.322 e. The standard InChI is InChI=1S/C21H27N5O2S/c1-14-23-24-20(25(14)15-9-5-4-6-10-15)29-13-18(27)26-17-12-8-7-11-16(17)22-19(28)21(26,2)3/h7-8,11-12,15H,4-6,9-10,13H2,1-3H3,(H,22,28). The van der Waals surface area contributed by atoms with Crippen LogP contribution in [0.2, 0.25) is 0 Å². The second kappa shape index (κ2) is 7.82. The van der Waals surface area contributed by atoms with Crippen molar-refractivity contribution in [2.45, 2.75) is 69.6 Å². The maximum absolute atomic E-state index is 13.3. The highest BCUT2D eigenvalue weighted by Crippen LogP contribution is 2.38. The first-order valence-electron chi connectivity index (χ1n) is 10.2. The molecule has 2 amide bonds. The van der Waals surface area contributed by atoms with Gasteiger partial charge in [0.2, 0.25) is 11.8 Å². The van der Waals surface area contributed by atoms with E-state index < -0.39 is 5.54 Å². The second-order valence-electron chi connectivity index (χ2n) is 8.24. The van der Waals surface area contributed by atoms with E-state index >= 15 is 0 Å². The number of hydrogen-bond donors (Lipinski definition) is 1. The molecule has 154 valence electrons. The predicted octanol–water partition coefficient (Wildman–Crippen LogP) is 3.95. The Balaban J connectivity index is 1.55. The number of fused-ring (bicyclic) bond motifs is 1. The van der Waals surface area contributed by atoms with Crippen molar-refractivity contribution >= 4 is 35.0 Å². The van der Waals surface area contributed by atoms with Crippen molar-refractivity contribution in [3.63, 3.8) is 0 Å². The molecule has 1 aliphatic carbocycles. The highest BCUT2D eigenvalue weighted by molar-refractivity contribution is 7.99. The Hall–Kier alpha value is -2.35. The molecular formula is C21H27N5O2S. The summed E-state index contributed by atoms with van der Waals surface area (Å²) in [4.78, 5) is 27.5.